The molecule has 1 aromatic carbocycles. The first-order chi connectivity index (χ1) is 7.18. The molecule has 0 amide bonds. The van der Waals surface area contributed by atoms with Crippen molar-refractivity contribution >= 4 is 5.97 Å². The SMILES string of the molecule is CC(Cc1ccccc1)C1CC1C(=O)O. The van der Waals surface area contributed by atoms with E-state index in [4.69, 9.17) is 5.11 Å². The predicted molar refractivity (Wildman–Crippen MR) is 58.5 cm³/mol. The quantitative estimate of drug-likeness (QED) is 0.818. The molecular weight excluding hydrogens is 188 g/mol. The first-order valence-electron chi connectivity index (χ1n) is 5.45. The monoisotopic (exact) mass is 204 g/mol. The minimum atomic E-state index is -0.625. The second-order valence-corrected chi connectivity index (χ2v) is 4.51. The third kappa shape index (κ3) is 2.38. The molecule has 0 radical (unpaired) electrons. The van der Waals surface area contributed by atoms with E-state index >= 15 is 0 Å². The maximum absolute atomic E-state index is 10.7. The molecule has 1 aliphatic rings. The molecule has 0 aliphatic heterocycles. The van der Waals surface area contributed by atoms with E-state index < -0.39 is 5.97 Å². The standard InChI is InChI=1S/C13H16O2/c1-9(11-8-12(11)13(14)15)7-10-5-3-2-4-6-10/h2-6,9,11-12H,7-8H2,1H3,(H,14,15). The summed E-state index contributed by atoms with van der Waals surface area (Å²) in [5, 5.41) is 8.84. The van der Waals surface area contributed by atoms with Crippen LogP contribution in [0.2, 0.25) is 0 Å². The average Bonchev–Trinajstić information content (AvgIpc) is 2.98. The van der Waals surface area contributed by atoms with E-state index in [9.17, 15) is 4.79 Å². The van der Waals surface area contributed by atoms with Crippen molar-refractivity contribution in [2.24, 2.45) is 17.8 Å². The van der Waals surface area contributed by atoms with Crippen LogP contribution in [0.1, 0.15) is 18.9 Å². The van der Waals surface area contributed by atoms with Gasteiger partial charge in [-0.15, -0.1) is 0 Å². The zero-order valence-electron chi connectivity index (χ0n) is 8.89. The Morgan fingerprint density at radius 2 is 2.13 bits per heavy atom. The number of hydrogen-bond donors (Lipinski definition) is 1. The molecule has 3 atom stereocenters. The summed E-state index contributed by atoms with van der Waals surface area (Å²) in [4.78, 5) is 10.7. The molecule has 1 aromatic rings. The molecule has 1 N–H and O–H groups in total. The lowest BCUT2D eigenvalue weighted by atomic mass is 9.95. The van der Waals surface area contributed by atoms with Crippen LogP contribution in [0.25, 0.3) is 0 Å². The van der Waals surface area contributed by atoms with E-state index in [1.165, 1.54) is 5.56 Å². The lowest BCUT2D eigenvalue weighted by Crippen LogP contribution is -2.08. The molecule has 1 aliphatic carbocycles. The summed E-state index contributed by atoms with van der Waals surface area (Å²) in [5.74, 6) is 0.167. The van der Waals surface area contributed by atoms with Gasteiger partial charge in [0.05, 0.1) is 5.92 Å². The largest absolute Gasteiger partial charge is 0.481 e. The molecule has 0 bridgehead atoms. The fraction of sp³-hybridized carbons (Fsp3) is 0.462. The molecule has 0 saturated heterocycles. The van der Waals surface area contributed by atoms with Crippen LogP contribution >= 0.6 is 0 Å². The van der Waals surface area contributed by atoms with E-state index in [-0.39, 0.29) is 5.92 Å². The highest BCUT2D eigenvalue weighted by atomic mass is 16.4. The van der Waals surface area contributed by atoms with Gasteiger partial charge in [-0.25, -0.2) is 0 Å². The molecule has 1 fully saturated rings. The molecule has 1 saturated carbocycles. The van der Waals surface area contributed by atoms with Gasteiger partial charge in [0, 0.05) is 0 Å². The minimum absolute atomic E-state index is 0.0799. The third-order valence-corrected chi connectivity index (χ3v) is 3.29. The van der Waals surface area contributed by atoms with Gasteiger partial charge < -0.3 is 5.11 Å². The molecule has 3 unspecified atom stereocenters. The lowest BCUT2D eigenvalue weighted by molar-refractivity contribution is -0.139. The number of rotatable bonds is 4. The Bertz CT molecular complexity index is 345. The van der Waals surface area contributed by atoms with Crippen molar-refractivity contribution in [1.82, 2.24) is 0 Å². The second-order valence-electron chi connectivity index (χ2n) is 4.51. The van der Waals surface area contributed by atoms with Gasteiger partial charge in [-0.2, -0.15) is 0 Å². The molecule has 0 spiro atoms. The molecule has 80 valence electrons. The summed E-state index contributed by atoms with van der Waals surface area (Å²) >= 11 is 0. The maximum atomic E-state index is 10.7. The number of aliphatic carboxylic acids is 1. The predicted octanol–water partition coefficient (Wildman–Crippen LogP) is 2.59. The van der Waals surface area contributed by atoms with E-state index in [1.807, 2.05) is 18.2 Å². The Hall–Kier alpha value is -1.31. The van der Waals surface area contributed by atoms with E-state index in [0.29, 0.717) is 11.8 Å². The zero-order chi connectivity index (χ0) is 10.8. The van der Waals surface area contributed by atoms with E-state index in [1.54, 1.807) is 0 Å². The molecule has 0 heterocycles. The first-order valence-corrected chi connectivity index (χ1v) is 5.45. The van der Waals surface area contributed by atoms with Crippen molar-refractivity contribution in [3.63, 3.8) is 0 Å². The summed E-state index contributed by atoms with van der Waals surface area (Å²) in [5.41, 5.74) is 1.31. The average molecular weight is 204 g/mol. The molecular formula is C13H16O2. The second kappa shape index (κ2) is 4.05. The van der Waals surface area contributed by atoms with Crippen molar-refractivity contribution in [3.05, 3.63) is 35.9 Å². The van der Waals surface area contributed by atoms with Crippen LogP contribution in [0.4, 0.5) is 0 Å². The van der Waals surface area contributed by atoms with Crippen LogP contribution in [0.3, 0.4) is 0 Å². The highest BCUT2D eigenvalue weighted by Gasteiger charge is 2.45. The minimum Gasteiger partial charge on any atom is -0.481 e. The number of benzene rings is 1. The maximum Gasteiger partial charge on any atom is 0.306 e. The lowest BCUT2D eigenvalue weighted by Gasteiger charge is -2.09. The van der Waals surface area contributed by atoms with Crippen LogP contribution < -0.4 is 0 Å². The van der Waals surface area contributed by atoms with E-state index in [2.05, 4.69) is 19.1 Å². The summed E-state index contributed by atoms with van der Waals surface area (Å²) in [6, 6.07) is 10.3. The highest BCUT2D eigenvalue weighted by molar-refractivity contribution is 5.73. The van der Waals surface area contributed by atoms with Crippen molar-refractivity contribution in [2.45, 2.75) is 19.8 Å². The Balaban J connectivity index is 1.89. The normalized spacial score (nSPS) is 25.9. The fourth-order valence-electron chi connectivity index (χ4n) is 2.26. The smallest absolute Gasteiger partial charge is 0.306 e. The van der Waals surface area contributed by atoms with Crippen LogP contribution in [0.5, 0.6) is 0 Å². The van der Waals surface area contributed by atoms with Gasteiger partial charge in [-0.05, 0) is 30.2 Å². The summed E-state index contributed by atoms with van der Waals surface area (Å²) in [6.07, 6.45) is 1.86. The van der Waals surface area contributed by atoms with Crippen molar-refractivity contribution < 1.29 is 9.90 Å². The van der Waals surface area contributed by atoms with Gasteiger partial charge >= 0.3 is 5.97 Å². The Morgan fingerprint density at radius 3 is 2.67 bits per heavy atom. The van der Waals surface area contributed by atoms with Crippen LogP contribution in [0.15, 0.2) is 30.3 Å². The zero-order valence-corrected chi connectivity index (χ0v) is 8.89. The summed E-state index contributed by atoms with van der Waals surface area (Å²) < 4.78 is 0. The number of carboxylic acids is 1. The Labute approximate surface area is 89.9 Å². The van der Waals surface area contributed by atoms with Crippen molar-refractivity contribution in [2.75, 3.05) is 0 Å². The van der Waals surface area contributed by atoms with Crippen molar-refractivity contribution in [3.8, 4) is 0 Å². The Kier molecular flexibility index (Phi) is 2.76. The van der Waals surface area contributed by atoms with Gasteiger partial charge in [0.15, 0.2) is 0 Å². The molecule has 15 heavy (non-hydrogen) atoms. The number of carbonyl (C=O) groups is 1. The number of carboxylic acid groups (broad SMARTS) is 1. The van der Waals surface area contributed by atoms with Gasteiger partial charge in [0.1, 0.15) is 0 Å². The van der Waals surface area contributed by atoms with E-state index in [0.717, 1.165) is 12.8 Å². The van der Waals surface area contributed by atoms with Gasteiger partial charge in [-0.1, -0.05) is 37.3 Å². The molecule has 0 aromatic heterocycles. The summed E-state index contributed by atoms with van der Waals surface area (Å²) in [7, 11) is 0. The van der Waals surface area contributed by atoms with Crippen LogP contribution in [0, 0.1) is 17.8 Å². The molecule has 2 rings (SSSR count). The van der Waals surface area contributed by atoms with Gasteiger partial charge in [-0.3, -0.25) is 4.79 Å². The van der Waals surface area contributed by atoms with Crippen LogP contribution in [-0.4, -0.2) is 11.1 Å². The molecule has 2 nitrogen and oxygen atoms in total. The number of hydrogen-bond acceptors (Lipinski definition) is 1. The first kappa shape index (κ1) is 10.2. The highest BCUT2D eigenvalue weighted by Crippen LogP contribution is 2.45. The fourth-order valence-corrected chi connectivity index (χ4v) is 2.26. The van der Waals surface area contributed by atoms with Gasteiger partial charge in [0.2, 0.25) is 0 Å². The van der Waals surface area contributed by atoms with Gasteiger partial charge in [0.25, 0.3) is 0 Å². The molecule has 2 heteroatoms. The topological polar surface area (TPSA) is 37.3 Å². The van der Waals surface area contributed by atoms with Crippen LogP contribution in [-0.2, 0) is 11.2 Å². The summed E-state index contributed by atoms with van der Waals surface area (Å²) in [6.45, 7) is 2.15. The Morgan fingerprint density at radius 1 is 1.47 bits per heavy atom. The third-order valence-electron chi connectivity index (χ3n) is 3.29. The van der Waals surface area contributed by atoms with Crippen molar-refractivity contribution in [1.29, 1.82) is 0 Å².